The van der Waals surface area contributed by atoms with Gasteiger partial charge in [0.05, 0.1) is 0 Å². The zero-order valence-electron chi connectivity index (χ0n) is 13.9. The number of amides is 1. The molecule has 1 N–H and O–H groups in total. The molecular formula is C19H23N3O2. The first-order valence-corrected chi connectivity index (χ1v) is 8.35. The Balaban J connectivity index is 1.59. The molecule has 0 bridgehead atoms. The highest BCUT2D eigenvalue weighted by molar-refractivity contribution is 5.94. The number of carbonyl (C=O) groups is 1. The van der Waals surface area contributed by atoms with Gasteiger partial charge in [0.2, 0.25) is 0 Å². The average molecular weight is 325 g/mol. The average Bonchev–Trinajstić information content (AvgIpc) is 2.58. The first kappa shape index (κ1) is 16.5. The molecule has 0 radical (unpaired) electrons. The van der Waals surface area contributed by atoms with Crippen molar-refractivity contribution >= 4 is 5.91 Å². The van der Waals surface area contributed by atoms with Crippen molar-refractivity contribution in [1.82, 2.24) is 14.8 Å². The zero-order chi connectivity index (χ0) is 16.9. The van der Waals surface area contributed by atoms with Gasteiger partial charge in [0.15, 0.2) is 0 Å². The molecule has 0 aliphatic carbocycles. The molecule has 2 aromatic rings. The Labute approximate surface area is 141 Å². The van der Waals surface area contributed by atoms with Crippen molar-refractivity contribution < 1.29 is 4.79 Å². The van der Waals surface area contributed by atoms with E-state index in [1.165, 1.54) is 16.2 Å². The van der Waals surface area contributed by atoms with Crippen molar-refractivity contribution in [2.24, 2.45) is 7.05 Å². The molecular weight excluding hydrogens is 302 g/mol. The van der Waals surface area contributed by atoms with Crippen LogP contribution in [0.1, 0.15) is 28.8 Å². The number of hydrogen-bond donors (Lipinski definition) is 1. The highest BCUT2D eigenvalue weighted by Gasteiger charge is 2.22. The van der Waals surface area contributed by atoms with E-state index in [0.717, 1.165) is 32.5 Å². The number of hydrogen-bond acceptors (Lipinski definition) is 3. The van der Waals surface area contributed by atoms with Crippen LogP contribution in [-0.4, -0.2) is 34.5 Å². The molecule has 1 saturated heterocycles. The Bertz CT molecular complexity index is 755. The van der Waals surface area contributed by atoms with Crippen LogP contribution in [0.4, 0.5) is 0 Å². The first-order chi connectivity index (χ1) is 11.6. The van der Waals surface area contributed by atoms with Gasteiger partial charge in [-0.05, 0) is 31.0 Å². The Morgan fingerprint density at radius 1 is 1.25 bits per heavy atom. The summed E-state index contributed by atoms with van der Waals surface area (Å²) in [5.41, 5.74) is 1.55. The van der Waals surface area contributed by atoms with Crippen LogP contribution >= 0.6 is 0 Å². The lowest BCUT2D eigenvalue weighted by Crippen LogP contribution is -2.47. The zero-order valence-corrected chi connectivity index (χ0v) is 13.9. The fourth-order valence-corrected chi connectivity index (χ4v) is 3.12. The van der Waals surface area contributed by atoms with Gasteiger partial charge >= 0.3 is 0 Å². The molecule has 126 valence electrons. The highest BCUT2D eigenvalue weighted by atomic mass is 16.2. The molecule has 2 heterocycles. The first-order valence-electron chi connectivity index (χ1n) is 8.35. The van der Waals surface area contributed by atoms with Gasteiger partial charge in [-0.3, -0.25) is 14.5 Å². The van der Waals surface area contributed by atoms with Gasteiger partial charge in [0.1, 0.15) is 0 Å². The molecule has 0 saturated carbocycles. The normalized spacial score (nSPS) is 18.3. The van der Waals surface area contributed by atoms with Crippen molar-refractivity contribution in [1.29, 1.82) is 0 Å². The minimum Gasteiger partial charge on any atom is -0.348 e. The fourth-order valence-electron chi connectivity index (χ4n) is 3.12. The molecule has 1 amide bonds. The smallest absolute Gasteiger partial charge is 0.251 e. The summed E-state index contributed by atoms with van der Waals surface area (Å²) in [5.74, 6) is -0.167. The van der Waals surface area contributed by atoms with E-state index in [-0.39, 0.29) is 17.5 Å². The Morgan fingerprint density at radius 2 is 2.04 bits per heavy atom. The largest absolute Gasteiger partial charge is 0.348 e. The van der Waals surface area contributed by atoms with Crippen molar-refractivity contribution in [3.05, 3.63) is 70.1 Å². The maximum Gasteiger partial charge on any atom is 0.251 e. The van der Waals surface area contributed by atoms with Gasteiger partial charge in [-0.1, -0.05) is 30.3 Å². The third kappa shape index (κ3) is 4.11. The summed E-state index contributed by atoms with van der Waals surface area (Å²) in [6.07, 6.45) is 3.66. The second-order valence-corrected chi connectivity index (χ2v) is 6.40. The van der Waals surface area contributed by atoms with Crippen molar-refractivity contribution in [3.63, 3.8) is 0 Å². The van der Waals surface area contributed by atoms with Crippen LogP contribution in [0.2, 0.25) is 0 Å². The van der Waals surface area contributed by atoms with E-state index in [4.69, 9.17) is 0 Å². The van der Waals surface area contributed by atoms with Gasteiger partial charge in [0, 0.05) is 44.0 Å². The summed E-state index contributed by atoms with van der Waals surface area (Å²) in [6, 6.07) is 13.6. The summed E-state index contributed by atoms with van der Waals surface area (Å²) in [6.45, 7) is 2.79. The molecule has 1 atom stereocenters. The van der Waals surface area contributed by atoms with Crippen LogP contribution < -0.4 is 10.9 Å². The van der Waals surface area contributed by atoms with Gasteiger partial charge in [0.25, 0.3) is 11.5 Å². The Hall–Kier alpha value is -2.40. The number of nitrogens with one attached hydrogen (secondary N) is 1. The lowest BCUT2D eigenvalue weighted by molar-refractivity contribution is 0.0900. The number of aromatic nitrogens is 1. The third-order valence-electron chi connectivity index (χ3n) is 4.46. The Morgan fingerprint density at radius 3 is 2.79 bits per heavy atom. The molecule has 5 heteroatoms. The second-order valence-electron chi connectivity index (χ2n) is 6.40. The SMILES string of the molecule is Cn1ccc(C(=O)NC2CCCN(Cc3ccccc3)C2)cc1=O. The van der Waals surface area contributed by atoms with E-state index in [2.05, 4.69) is 34.5 Å². The van der Waals surface area contributed by atoms with E-state index in [0.29, 0.717) is 5.56 Å². The molecule has 1 aromatic carbocycles. The van der Waals surface area contributed by atoms with E-state index in [1.807, 2.05) is 6.07 Å². The summed E-state index contributed by atoms with van der Waals surface area (Å²) < 4.78 is 1.46. The van der Waals surface area contributed by atoms with Gasteiger partial charge in [-0.25, -0.2) is 0 Å². The van der Waals surface area contributed by atoms with E-state index >= 15 is 0 Å². The molecule has 1 unspecified atom stereocenters. The lowest BCUT2D eigenvalue weighted by atomic mass is 10.0. The summed E-state index contributed by atoms with van der Waals surface area (Å²) in [5, 5.41) is 3.07. The van der Waals surface area contributed by atoms with Gasteiger partial charge < -0.3 is 9.88 Å². The summed E-state index contributed by atoms with van der Waals surface area (Å²) >= 11 is 0. The van der Waals surface area contributed by atoms with Crippen LogP contribution in [-0.2, 0) is 13.6 Å². The van der Waals surface area contributed by atoms with Crippen molar-refractivity contribution in [2.45, 2.75) is 25.4 Å². The highest BCUT2D eigenvalue weighted by Crippen LogP contribution is 2.14. The fraction of sp³-hybridized carbons (Fsp3) is 0.368. The van der Waals surface area contributed by atoms with Gasteiger partial charge in [-0.15, -0.1) is 0 Å². The van der Waals surface area contributed by atoms with E-state index in [9.17, 15) is 9.59 Å². The predicted octanol–water partition coefficient (Wildman–Crippen LogP) is 1.78. The molecule has 3 rings (SSSR count). The summed E-state index contributed by atoms with van der Waals surface area (Å²) in [4.78, 5) is 26.4. The maximum absolute atomic E-state index is 12.4. The van der Waals surface area contributed by atoms with Crippen LogP contribution in [0.25, 0.3) is 0 Å². The quantitative estimate of drug-likeness (QED) is 0.932. The summed E-state index contributed by atoms with van der Waals surface area (Å²) in [7, 11) is 1.67. The molecule has 1 aliphatic rings. The molecule has 0 spiro atoms. The number of pyridine rings is 1. The minimum atomic E-state index is -0.169. The van der Waals surface area contributed by atoms with Gasteiger partial charge in [-0.2, -0.15) is 0 Å². The molecule has 1 aliphatic heterocycles. The van der Waals surface area contributed by atoms with Crippen LogP contribution in [0.3, 0.4) is 0 Å². The number of benzene rings is 1. The number of aryl methyl sites for hydroxylation is 1. The maximum atomic E-state index is 12.4. The molecule has 1 fully saturated rings. The lowest BCUT2D eigenvalue weighted by Gasteiger charge is -2.33. The number of likely N-dealkylation sites (tertiary alicyclic amines) is 1. The molecule has 24 heavy (non-hydrogen) atoms. The molecule has 1 aromatic heterocycles. The topological polar surface area (TPSA) is 54.3 Å². The monoisotopic (exact) mass is 325 g/mol. The minimum absolute atomic E-state index is 0.124. The third-order valence-corrected chi connectivity index (χ3v) is 4.46. The van der Waals surface area contributed by atoms with Crippen LogP contribution in [0.15, 0.2) is 53.5 Å². The predicted molar refractivity (Wildman–Crippen MR) is 93.9 cm³/mol. The number of rotatable bonds is 4. The standard InChI is InChI=1S/C19H23N3O2/c1-21-11-9-16(12-18(21)23)19(24)20-17-8-5-10-22(14-17)13-15-6-3-2-4-7-15/h2-4,6-7,9,11-12,17H,5,8,10,13-14H2,1H3,(H,20,24). The van der Waals surface area contributed by atoms with Crippen LogP contribution in [0, 0.1) is 0 Å². The van der Waals surface area contributed by atoms with Crippen LogP contribution in [0.5, 0.6) is 0 Å². The van der Waals surface area contributed by atoms with Crippen molar-refractivity contribution in [3.8, 4) is 0 Å². The number of carbonyl (C=O) groups excluding carboxylic acids is 1. The molecule has 5 nitrogen and oxygen atoms in total. The van der Waals surface area contributed by atoms with Crippen molar-refractivity contribution in [2.75, 3.05) is 13.1 Å². The number of piperidine rings is 1. The number of nitrogens with zero attached hydrogens (tertiary/aromatic N) is 2. The second kappa shape index (κ2) is 7.45. The van der Waals surface area contributed by atoms with E-state index in [1.54, 1.807) is 19.3 Å². The Kier molecular flexibility index (Phi) is 5.11. The van der Waals surface area contributed by atoms with E-state index < -0.39 is 0 Å².